The number of nitrogens with one attached hydrogen (secondary N) is 1. The highest BCUT2D eigenvalue weighted by Gasteiger charge is 2.25. The van der Waals surface area contributed by atoms with E-state index in [1.54, 1.807) is 0 Å². The van der Waals surface area contributed by atoms with Crippen LogP contribution in [0.1, 0.15) is 45.4 Å². The number of rotatable bonds is 6. The van der Waals surface area contributed by atoms with Crippen molar-refractivity contribution >= 4 is 30.1 Å². The lowest BCUT2D eigenvalue weighted by atomic mass is 9.94. The normalized spacial score (nSPS) is 23.9. The molecular weight excluding hydrogens is 256 g/mol. The summed E-state index contributed by atoms with van der Waals surface area (Å²) in [4.78, 5) is 11.6. The first-order valence-electron chi connectivity index (χ1n) is 6.39. The smallest absolute Gasteiger partial charge is 0.220 e. The molecule has 0 aromatic rings. The van der Waals surface area contributed by atoms with E-state index >= 15 is 0 Å². The molecule has 3 N–H and O–H groups in total. The first-order chi connectivity index (χ1) is 7.77. The maximum Gasteiger partial charge on any atom is 0.220 e. The molecule has 2 atom stereocenters. The van der Waals surface area contributed by atoms with Crippen molar-refractivity contribution in [2.24, 2.45) is 5.73 Å². The molecule has 102 valence electrons. The van der Waals surface area contributed by atoms with Crippen LogP contribution in [0.25, 0.3) is 0 Å². The Morgan fingerprint density at radius 3 is 2.76 bits per heavy atom. The SMILES string of the molecule is CCSC1CCCCC1NC(=O)CCCN.Cl. The Bertz CT molecular complexity index is 215. The molecule has 0 bridgehead atoms. The van der Waals surface area contributed by atoms with Gasteiger partial charge >= 0.3 is 0 Å². The largest absolute Gasteiger partial charge is 0.352 e. The average molecular weight is 281 g/mol. The Morgan fingerprint density at radius 1 is 1.41 bits per heavy atom. The van der Waals surface area contributed by atoms with Gasteiger partial charge in [-0.3, -0.25) is 4.79 Å². The molecule has 1 aliphatic rings. The summed E-state index contributed by atoms with van der Waals surface area (Å²) >= 11 is 1.99. The Hall–Kier alpha value is 0.0700. The third-order valence-corrected chi connectivity index (χ3v) is 4.36. The van der Waals surface area contributed by atoms with Gasteiger partial charge in [0.25, 0.3) is 0 Å². The van der Waals surface area contributed by atoms with Crippen LogP contribution in [0.2, 0.25) is 0 Å². The zero-order chi connectivity index (χ0) is 11.8. The molecule has 1 rings (SSSR count). The van der Waals surface area contributed by atoms with Crippen molar-refractivity contribution in [2.45, 2.75) is 56.7 Å². The van der Waals surface area contributed by atoms with E-state index in [2.05, 4.69) is 12.2 Å². The third kappa shape index (κ3) is 6.53. The molecule has 0 radical (unpaired) electrons. The molecule has 17 heavy (non-hydrogen) atoms. The third-order valence-electron chi connectivity index (χ3n) is 3.04. The van der Waals surface area contributed by atoms with E-state index in [-0.39, 0.29) is 18.3 Å². The highest BCUT2D eigenvalue weighted by molar-refractivity contribution is 7.99. The second-order valence-corrected chi connectivity index (χ2v) is 5.86. The summed E-state index contributed by atoms with van der Waals surface area (Å²) in [6, 6.07) is 0.393. The van der Waals surface area contributed by atoms with E-state index in [9.17, 15) is 4.79 Å². The van der Waals surface area contributed by atoms with Crippen LogP contribution in [-0.2, 0) is 4.79 Å². The average Bonchev–Trinajstić information content (AvgIpc) is 2.29. The number of carbonyl (C=O) groups excluding carboxylic acids is 1. The van der Waals surface area contributed by atoms with Crippen molar-refractivity contribution in [3.8, 4) is 0 Å². The summed E-state index contributed by atoms with van der Waals surface area (Å²) in [6.45, 7) is 2.79. The van der Waals surface area contributed by atoms with E-state index in [1.165, 1.54) is 19.3 Å². The summed E-state index contributed by atoms with van der Waals surface area (Å²) in [6.07, 6.45) is 6.34. The Labute approximate surface area is 115 Å². The molecular formula is C12H25ClN2OS. The van der Waals surface area contributed by atoms with Crippen molar-refractivity contribution < 1.29 is 4.79 Å². The van der Waals surface area contributed by atoms with Gasteiger partial charge in [-0.05, 0) is 31.6 Å². The number of amides is 1. The standard InChI is InChI=1S/C12H24N2OS.ClH/c1-2-16-11-7-4-3-6-10(11)14-12(15)8-5-9-13;/h10-11H,2-9,13H2,1H3,(H,14,15);1H. The van der Waals surface area contributed by atoms with E-state index in [4.69, 9.17) is 5.73 Å². The maximum absolute atomic E-state index is 11.6. The van der Waals surface area contributed by atoms with Gasteiger partial charge in [-0.25, -0.2) is 0 Å². The molecule has 1 amide bonds. The van der Waals surface area contributed by atoms with E-state index in [0.29, 0.717) is 24.3 Å². The minimum absolute atomic E-state index is 0. The van der Waals surface area contributed by atoms with Gasteiger partial charge < -0.3 is 11.1 Å². The van der Waals surface area contributed by atoms with Gasteiger partial charge in [-0.15, -0.1) is 12.4 Å². The van der Waals surface area contributed by atoms with Crippen LogP contribution in [0, 0.1) is 0 Å². The lowest BCUT2D eigenvalue weighted by molar-refractivity contribution is -0.122. The van der Waals surface area contributed by atoms with Crippen molar-refractivity contribution in [2.75, 3.05) is 12.3 Å². The fourth-order valence-corrected chi connectivity index (χ4v) is 3.42. The summed E-state index contributed by atoms with van der Waals surface area (Å²) in [7, 11) is 0. The van der Waals surface area contributed by atoms with Crippen molar-refractivity contribution in [1.29, 1.82) is 0 Å². The lowest BCUT2D eigenvalue weighted by Crippen LogP contribution is -2.43. The van der Waals surface area contributed by atoms with Gasteiger partial charge in [-0.1, -0.05) is 19.8 Å². The molecule has 5 heteroatoms. The van der Waals surface area contributed by atoms with Gasteiger partial charge in [0.15, 0.2) is 0 Å². The fraction of sp³-hybridized carbons (Fsp3) is 0.917. The van der Waals surface area contributed by atoms with Gasteiger partial charge in [0.1, 0.15) is 0 Å². The molecule has 0 saturated heterocycles. The topological polar surface area (TPSA) is 55.1 Å². The van der Waals surface area contributed by atoms with Gasteiger partial charge in [0, 0.05) is 17.7 Å². The van der Waals surface area contributed by atoms with Crippen LogP contribution in [0.5, 0.6) is 0 Å². The predicted octanol–water partition coefficient (Wildman–Crippen LogP) is 2.33. The second-order valence-electron chi connectivity index (χ2n) is 4.34. The van der Waals surface area contributed by atoms with Crippen molar-refractivity contribution in [1.82, 2.24) is 5.32 Å². The summed E-state index contributed by atoms with van der Waals surface area (Å²) < 4.78 is 0. The zero-order valence-electron chi connectivity index (χ0n) is 10.6. The number of thioether (sulfide) groups is 1. The number of halogens is 1. The molecule has 0 aliphatic heterocycles. The minimum atomic E-state index is 0. The Kier molecular flexibility index (Phi) is 10.1. The molecule has 0 heterocycles. The van der Waals surface area contributed by atoms with Gasteiger partial charge in [-0.2, -0.15) is 11.8 Å². The highest BCUT2D eigenvalue weighted by atomic mass is 35.5. The molecule has 0 aromatic heterocycles. The van der Waals surface area contributed by atoms with Crippen molar-refractivity contribution in [3.63, 3.8) is 0 Å². The van der Waals surface area contributed by atoms with Crippen LogP contribution in [0.4, 0.5) is 0 Å². The van der Waals surface area contributed by atoms with Crippen molar-refractivity contribution in [3.05, 3.63) is 0 Å². The first-order valence-corrected chi connectivity index (χ1v) is 7.43. The van der Waals surface area contributed by atoms with E-state index in [0.717, 1.165) is 18.6 Å². The second kappa shape index (κ2) is 10.0. The molecule has 3 nitrogen and oxygen atoms in total. The summed E-state index contributed by atoms with van der Waals surface area (Å²) in [5, 5.41) is 3.80. The van der Waals surface area contributed by atoms with Crippen LogP contribution >= 0.6 is 24.2 Å². The molecule has 0 aromatic carbocycles. The molecule has 1 saturated carbocycles. The van der Waals surface area contributed by atoms with Crippen LogP contribution in [0.3, 0.4) is 0 Å². The molecule has 2 unspecified atom stereocenters. The number of nitrogens with two attached hydrogens (primary N) is 1. The first kappa shape index (κ1) is 17.1. The van der Waals surface area contributed by atoms with Crippen LogP contribution in [0.15, 0.2) is 0 Å². The van der Waals surface area contributed by atoms with E-state index in [1.807, 2.05) is 11.8 Å². The fourth-order valence-electron chi connectivity index (χ4n) is 2.22. The molecule has 0 spiro atoms. The number of hydrogen-bond donors (Lipinski definition) is 2. The number of carbonyl (C=O) groups is 1. The molecule has 1 fully saturated rings. The van der Waals surface area contributed by atoms with Crippen LogP contribution in [-0.4, -0.2) is 29.5 Å². The quantitative estimate of drug-likeness (QED) is 0.785. The molecule has 1 aliphatic carbocycles. The minimum Gasteiger partial charge on any atom is -0.352 e. The maximum atomic E-state index is 11.6. The Balaban J connectivity index is 0.00000256. The monoisotopic (exact) mass is 280 g/mol. The summed E-state index contributed by atoms with van der Waals surface area (Å²) in [5.41, 5.74) is 5.40. The van der Waals surface area contributed by atoms with Gasteiger partial charge in [0.2, 0.25) is 5.91 Å². The summed E-state index contributed by atoms with van der Waals surface area (Å²) in [5.74, 6) is 1.32. The zero-order valence-corrected chi connectivity index (χ0v) is 12.2. The predicted molar refractivity (Wildman–Crippen MR) is 77.9 cm³/mol. The highest BCUT2D eigenvalue weighted by Crippen LogP contribution is 2.28. The van der Waals surface area contributed by atoms with Crippen LogP contribution < -0.4 is 11.1 Å². The van der Waals surface area contributed by atoms with E-state index < -0.39 is 0 Å². The van der Waals surface area contributed by atoms with Gasteiger partial charge in [0.05, 0.1) is 0 Å². The lowest BCUT2D eigenvalue weighted by Gasteiger charge is -2.31. The Morgan fingerprint density at radius 2 is 2.12 bits per heavy atom. The number of hydrogen-bond acceptors (Lipinski definition) is 3.